The summed E-state index contributed by atoms with van der Waals surface area (Å²) in [5, 5.41) is 14.3. The topological polar surface area (TPSA) is 24.1 Å². The van der Waals surface area contributed by atoms with Crippen molar-refractivity contribution in [2.45, 2.75) is 0 Å². The fraction of sp³-hybridized carbons (Fsp3) is 0.0392. The van der Waals surface area contributed by atoms with Crippen LogP contribution in [0, 0.1) is 36.5 Å². The van der Waals surface area contributed by atoms with Crippen molar-refractivity contribution in [3.8, 4) is 0 Å². The van der Waals surface area contributed by atoms with Gasteiger partial charge in [0.15, 0.2) is 0 Å². The average molecular weight is 1140 g/mol. The van der Waals surface area contributed by atoms with Crippen molar-refractivity contribution >= 4 is 70.6 Å². The molecular formula is C51H46Cl5N2P2Pd2-. The Labute approximate surface area is 424 Å². The first-order valence-corrected chi connectivity index (χ1v) is 23.6. The minimum atomic E-state index is -0.446. The first kappa shape index (κ1) is 57.0. The fourth-order valence-electron chi connectivity index (χ4n) is 5.47. The summed E-state index contributed by atoms with van der Waals surface area (Å²) in [6, 6.07) is 86.2. The van der Waals surface area contributed by atoms with Gasteiger partial charge in [-0.2, -0.15) is 60.1 Å². The number of para-hydroxylation sites is 2. The number of halogens is 5. The second kappa shape index (κ2) is 34.4. The summed E-state index contributed by atoms with van der Waals surface area (Å²) in [7, 11) is 6.72. The Kier molecular flexibility index (Phi) is 31.6. The number of anilines is 2. The molecule has 0 aromatic heterocycles. The summed E-state index contributed by atoms with van der Waals surface area (Å²) in [4.78, 5) is 0. The molecule has 1 fully saturated rings. The normalized spacial score (nSPS) is 10.4. The van der Waals surface area contributed by atoms with Gasteiger partial charge < -0.3 is 35.4 Å². The molecule has 1 aliphatic heterocycles. The molecule has 326 valence electrons. The molecule has 0 unspecified atom stereocenters. The zero-order valence-corrected chi connectivity index (χ0v) is 42.5. The summed E-state index contributed by atoms with van der Waals surface area (Å²) >= 11 is 5.18. The maximum atomic E-state index is 5.18. The van der Waals surface area contributed by atoms with Crippen molar-refractivity contribution < 1.29 is 85.8 Å². The molecule has 2 N–H and O–H groups in total. The molecular weight excluding hydrogens is 1090 g/mol. The molecule has 0 saturated carbocycles. The van der Waals surface area contributed by atoms with Crippen molar-refractivity contribution in [3.05, 3.63) is 247 Å². The summed E-state index contributed by atoms with van der Waals surface area (Å²) in [5.41, 5.74) is 2.07. The van der Waals surface area contributed by atoms with E-state index in [0.717, 1.165) is 15.7 Å². The molecule has 62 heavy (non-hydrogen) atoms. The van der Waals surface area contributed by atoms with E-state index in [1.165, 1.54) is 31.8 Å². The van der Waals surface area contributed by atoms with Gasteiger partial charge in [0.2, 0.25) is 0 Å². The van der Waals surface area contributed by atoms with Gasteiger partial charge in [0, 0.05) is 34.5 Å². The molecule has 8 aromatic rings. The SMILES string of the molecule is CNc1[c-]cccc1.CNc1[c-]cccc1.Cl[C-]1[Cl+][Cl+]1.[Cl-].[Cl-].[Pd+2].[Pd].c1ccc(P(c2ccccc2)c2ccccc2)cc1.c1ccc(P(c2ccccc2)c2ccccc2)cc1. The number of hydrogen-bond acceptors (Lipinski definition) is 2. The van der Waals surface area contributed by atoms with Crippen LogP contribution in [-0.4, -0.2) is 14.1 Å². The minimum Gasteiger partial charge on any atom is -1.00 e. The maximum Gasteiger partial charge on any atom is 2.00 e. The molecule has 0 aliphatic carbocycles. The van der Waals surface area contributed by atoms with E-state index < -0.39 is 15.8 Å². The van der Waals surface area contributed by atoms with E-state index in [9.17, 15) is 0 Å². The zero-order valence-electron chi connectivity index (χ0n) is 33.9. The van der Waals surface area contributed by atoms with Crippen LogP contribution in [0.1, 0.15) is 0 Å². The van der Waals surface area contributed by atoms with Crippen LogP contribution in [0.25, 0.3) is 0 Å². The first-order chi connectivity index (χ1) is 28.7. The predicted molar refractivity (Wildman–Crippen MR) is 249 cm³/mol. The minimum absolute atomic E-state index is 0. The van der Waals surface area contributed by atoms with E-state index in [1.54, 1.807) is 0 Å². The molecule has 0 spiro atoms. The summed E-state index contributed by atoms with van der Waals surface area (Å²) in [6.45, 7) is 0. The van der Waals surface area contributed by atoms with Gasteiger partial charge in [-0.25, -0.2) is 0 Å². The second-order valence-electron chi connectivity index (χ2n) is 12.1. The van der Waals surface area contributed by atoms with E-state index in [0.29, 0.717) is 0 Å². The van der Waals surface area contributed by atoms with Crippen molar-refractivity contribution in [1.29, 1.82) is 0 Å². The average Bonchev–Trinajstić information content (AvgIpc) is 4.12. The molecule has 11 heteroatoms. The van der Waals surface area contributed by atoms with Crippen molar-refractivity contribution in [1.82, 2.24) is 0 Å². The third-order valence-electron chi connectivity index (χ3n) is 8.17. The van der Waals surface area contributed by atoms with Crippen LogP contribution in [-0.2, 0) is 40.8 Å². The van der Waals surface area contributed by atoms with Crippen LogP contribution in [0.5, 0.6) is 0 Å². The smallest absolute Gasteiger partial charge is 1.00 e. The van der Waals surface area contributed by atoms with Gasteiger partial charge in [0.1, 0.15) is 0 Å². The Morgan fingerprint density at radius 1 is 0.387 bits per heavy atom. The summed E-state index contributed by atoms with van der Waals surface area (Å²) in [6.07, 6.45) is 0. The van der Waals surface area contributed by atoms with Crippen LogP contribution in [0.15, 0.2) is 231 Å². The second-order valence-corrected chi connectivity index (χ2v) is 19.4. The number of benzene rings is 8. The summed E-state index contributed by atoms with van der Waals surface area (Å²) in [5.74, 6) is 0. The fourth-order valence-corrected chi connectivity index (χ4v) is 10.4. The number of hydrogen-bond donors (Lipinski definition) is 2. The Morgan fingerprint density at radius 2 is 0.581 bits per heavy atom. The molecule has 1 heterocycles. The molecule has 0 amide bonds. The Morgan fingerprint density at radius 3 is 0.710 bits per heavy atom. The molecule has 0 atom stereocenters. The zero-order chi connectivity index (χ0) is 40.5. The van der Waals surface area contributed by atoms with Crippen molar-refractivity contribution in [2.24, 2.45) is 0 Å². The van der Waals surface area contributed by atoms with Crippen molar-refractivity contribution in [3.63, 3.8) is 0 Å². The van der Waals surface area contributed by atoms with Crippen LogP contribution >= 0.6 is 27.4 Å². The Balaban J connectivity index is 0.000000416. The van der Waals surface area contributed by atoms with E-state index in [-0.39, 0.29) is 65.7 Å². The van der Waals surface area contributed by atoms with Gasteiger partial charge in [-0.05, 0) is 47.7 Å². The first-order valence-electron chi connectivity index (χ1n) is 18.7. The molecule has 1 saturated heterocycles. The van der Waals surface area contributed by atoms with E-state index in [4.69, 9.17) is 11.6 Å². The Hall–Kier alpha value is -3.01. The van der Waals surface area contributed by atoms with Crippen LogP contribution in [0.3, 0.4) is 0 Å². The van der Waals surface area contributed by atoms with Gasteiger partial charge in [0.05, 0.1) is 0 Å². The largest absolute Gasteiger partial charge is 2.00 e. The van der Waals surface area contributed by atoms with E-state index in [1.807, 2.05) is 82.7 Å². The third-order valence-corrected chi connectivity index (χ3v) is 15.0. The van der Waals surface area contributed by atoms with Gasteiger partial charge in [-0.3, -0.25) is 0 Å². The maximum absolute atomic E-state index is 5.18. The third kappa shape index (κ3) is 21.1. The van der Waals surface area contributed by atoms with Gasteiger partial charge >= 0.3 is 44.8 Å². The molecule has 0 bridgehead atoms. The van der Waals surface area contributed by atoms with Crippen LogP contribution in [0.4, 0.5) is 11.4 Å². The number of nitrogens with one attached hydrogen (secondary N) is 2. The van der Waals surface area contributed by atoms with Gasteiger partial charge in [-0.1, -0.05) is 193 Å². The standard InChI is InChI=1S/2C18H15P.2C7H8N.CCl3.2ClH.2Pd/c2*1-4-10-16(11-5-1)19(17-12-6-2-7-13-17)18-14-8-3-9-15-18;2*1-8-7-5-3-2-4-6-7;2-1-3-4-1;;;;/h2*1-15H;2*2-5,8H,1H3;;2*1H;;/q;;2*-1;+1;;;;+2/p-2. The van der Waals surface area contributed by atoms with Crippen molar-refractivity contribution in [2.75, 3.05) is 24.7 Å². The molecule has 0 radical (unpaired) electrons. The molecule has 8 aromatic carbocycles. The monoisotopic (exact) mass is 1130 g/mol. The quantitative estimate of drug-likeness (QED) is 0.131. The van der Waals surface area contributed by atoms with E-state index >= 15 is 0 Å². The van der Waals surface area contributed by atoms with Gasteiger partial charge in [-0.15, -0.1) is 12.1 Å². The van der Waals surface area contributed by atoms with Crippen LogP contribution < -0.4 is 67.3 Å². The number of rotatable bonds is 8. The Bertz CT molecular complexity index is 1880. The molecule has 1 aliphatic rings. The summed E-state index contributed by atoms with van der Waals surface area (Å²) < 4.78 is 0.861. The van der Waals surface area contributed by atoms with Crippen LogP contribution in [0.2, 0.25) is 0 Å². The molecule has 2 nitrogen and oxygen atoms in total. The predicted octanol–water partition coefficient (Wildman–Crippen LogP) is 4.72. The van der Waals surface area contributed by atoms with E-state index in [2.05, 4.69) is 205 Å². The molecule has 9 rings (SSSR count). The van der Waals surface area contributed by atoms with Gasteiger partial charge in [0.25, 0.3) is 0 Å².